The standard InChI is InChI=1S/C18H17ClN6O/c1-11-4-5-14(19)15(8-11)25-16(9-12(2)23-25)22-18(26)13-10-21-24-7-3-6-20-17(13)24/h3-10,18,22,26H,1-2H3. The summed E-state index contributed by atoms with van der Waals surface area (Å²) in [6.07, 6.45) is 4.03. The smallest absolute Gasteiger partial charge is 0.162 e. The summed E-state index contributed by atoms with van der Waals surface area (Å²) < 4.78 is 3.30. The van der Waals surface area contributed by atoms with Crippen LogP contribution >= 0.6 is 11.6 Å². The van der Waals surface area contributed by atoms with Crippen LogP contribution in [0.1, 0.15) is 23.0 Å². The van der Waals surface area contributed by atoms with E-state index in [1.54, 1.807) is 33.9 Å². The Kier molecular flexibility index (Phi) is 4.10. The Morgan fingerprint density at radius 2 is 2.08 bits per heavy atom. The number of hydrogen-bond acceptors (Lipinski definition) is 5. The van der Waals surface area contributed by atoms with E-state index in [-0.39, 0.29) is 0 Å². The summed E-state index contributed by atoms with van der Waals surface area (Å²) in [4.78, 5) is 4.27. The first-order chi connectivity index (χ1) is 12.5. The fourth-order valence-electron chi connectivity index (χ4n) is 2.83. The summed E-state index contributed by atoms with van der Waals surface area (Å²) in [5.41, 5.74) is 3.77. The van der Waals surface area contributed by atoms with Crippen LogP contribution in [0.25, 0.3) is 11.3 Å². The van der Waals surface area contributed by atoms with Crippen LogP contribution in [0, 0.1) is 13.8 Å². The number of halogens is 1. The van der Waals surface area contributed by atoms with Crippen molar-refractivity contribution in [2.75, 3.05) is 5.32 Å². The predicted molar refractivity (Wildman–Crippen MR) is 99.6 cm³/mol. The summed E-state index contributed by atoms with van der Waals surface area (Å²) in [7, 11) is 0. The Morgan fingerprint density at radius 3 is 2.92 bits per heavy atom. The molecule has 1 aromatic carbocycles. The second kappa shape index (κ2) is 6.44. The fraction of sp³-hybridized carbons (Fsp3) is 0.167. The second-order valence-electron chi connectivity index (χ2n) is 6.07. The molecule has 4 aromatic rings. The number of fused-ring (bicyclic) bond motifs is 1. The summed E-state index contributed by atoms with van der Waals surface area (Å²) in [5, 5.41) is 23.0. The number of anilines is 1. The lowest BCUT2D eigenvalue weighted by atomic mass is 10.2. The van der Waals surface area contributed by atoms with Crippen molar-refractivity contribution in [3.63, 3.8) is 0 Å². The molecule has 0 bridgehead atoms. The van der Waals surface area contributed by atoms with Gasteiger partial charge in [0.05, 0.1) is 28.2 Å². The van der Waals surface area contributed by atoms with E-state index in [2.05, 4.69) is 20.5 Å². The first-order valence-electron chi connectivity index (χ1n) is 8.09. The largest absolute Gasteiger partial charge is 0.369 e. The number of rotatable bonds is 4. The first-order valence-corrected chi connectivity index (χ1v) is 8.47. The molecule has 3 aromatic heterocycles. The van der Waals surface area contributed by atoms with E-state index in [4.69, 9.17) is 11.6 Å². The zero-order chi connectivity index (χ0) is 18.3. The normalized spacial score (nSPS) is 12.5. The molecule has 2 N–H and O–H groups in total. The summed E-state index contributed by atoms with van der Waals surface area (Å²) in [6, 6.07) is 9.35. The lowest BCUT2D eigenvalue weighted by Crippen LogP contribution is -2.13. The van der Waals surface area contributed by atoms with Crippen molar-refractivity contribution in [1.82, 2.24) is 24.4 Å². The van der Waals surface area contributed by atoms with Gasteiger partial charge in [0.25, 0.3) is 0 Å². The van der Waals surface area contributed by atoms with Crippen molar-refractivity contribution in [2.24, 2.45) is 0 Å². The van der Waals surface area contributed by atoms with Crippen LogP contribution in [-0.4, -0.2) is 29.5 Å². The molecule has 0 aliphatic heterocycles. The number of benzene rings is 1. The summed E-state index contributed by atoms with van der Waals surface area (Å²) in [6.45, 7) is 3.87. The minimum Gasteiger partial charge on any atom is -0.369 e. The Balaban J connectivity index is 1.72. The number of nitrogens with zero attached hydrogens (tertiary/aromatic N) is 5. The van der Waals surface area contributed by atoms with Gasteiger partial charge in [-0.1, -0.05) is 17.7 Å². The van der Waals surface area contributed by atoms with E-state index in [1.807, 2.05) is 38.1 Å². The Bertz CT molecular complexity index is 1090. The number of hydrogen-bond donors (Lipinski definition) is 2. The fourth-order valence-corrected chi connectivity index (χ4v) is 3.02. The molecule has 8 heteroatoms. The van der Waals surface area contributed by atoms with E-state index in [9.17, 15) is 5.11 Å². The molecule has 0 amide bonds. The highest BCUT2D eigenvalue weighted by molar-refractivity contribution is 6.32. The van der Waals surface area contributed by atoms with E-state index in [0.29, 0.717) is 22.1 Å². The van der Waals surface area contributed by atoms with Crippen molar-refractivity contribution in [2.45, 2.75) is 20.1 Å². The number of aryl methyl sites for hydroxylation is 2. The Hall–Kier alpha value is -2.90. The van der Waals surface area contributed by atoms with Gasteiger partial charge in [-0.05, 0) is 37.6 Å². The van der Waals surface area contributed by atoms with E-state index >= 15 is 0 Å². The average Bonchev–Trinajstić information content (AvgIpc) is 3.20. The highest BCUT2D eigenvalue weighted by Crippen LogP contribution is 2.27. The minimum atomic E-state index is -0.999. The topological polar surface area (TPSA) is 80.3 Å². The Morgan fingerprint density at radius 1 is 1.23 bits per heavy atom. The molecule has 4 rings (SSSR count). The molecular formula is C18H17ClN6O. The maximum Gasteiger partial charge on any atom is 0.162 e. The van der Waals surface area contributed by atoms with Gasteiger partial charge in [-0.2, -0.15) is 10.2 Å². The summed E-state index contributed by atoms with van der Waals surface area (Å²) in [5.74, 6) is 0.623. The molecule has 0 saturated heterocycles. The van der Waals surface area contributed by atoms with Gasteiger partial charge >= 0.3 is 0 Å². The molecule has 0 aliphatic rings. The van der Waals surface area contributed by atoms with Crippen LogP contribution in [-0.2, 0) is 0 Å². The van der Waals surface area contributed by atoms with Crippen LogP contribution in [0.2, 0.25) is 5.02 Å². The van der Waals surface area contributed by atoms with Crippen LogP contribution in [0.4, 0.5) is 5.82 Å². The first kappa shape index (κ1) is 16.6. The number of aliphatic hydroxyl groups is 1. The van der Waals surface area contributed by atoms with Crippen LogP contribution in [0.15, 0.2) is 48.9 Å². The molecule has 132 valence electrons. The van der Waals surface area contributed by atoms with Crippen molar-refractivity contribution >= 4 is 23.1 Å². The highest BCUT2D eigenvalue weighted by atomic mass is 35.5. The molecular weight excluding hydrogens is 352 g/mol. The Labute approximate surface area is 154 Å². The summed E-state index contributed by atoms with van der Waals surface area (Å²) >= 11 is 6.35. The lowest BCUT2D eigenvalue weighted by molar-refractivity contribution is 0.208. The SMILES string of the molecule is Cc1ccc(Cl)c(-n2nc(C)cc2NC(O)c2cnn3cccnc23)c1. The van der Waals surface area contributed by atoms with Crippen molar-refractivity contribution in [3.8, 4) is 5.69 Å². The van der Waals surface area contributed by atoms with Crippen molar-refractivity contribution in [3.05, 3.63) is 70.8 Å². The molecule has 7 nitrogen and oxygen atoms in total. The van der Waals surface area contributed by atoms with E-state index in [0.717, 1.165) is 16.9 Å². The second-order valence-corrected chi connectivity index (χ2v) is 6.48. The number of aliphatic hydroxyl groups excluding tert-OH is 1. The molecule has 1 atom stereocenters. The third kappa shape index (κ3) is 2.91. The van der Waals surface area contributed by atoms with Crippen LogP contribution in [0.5, 0.6) is 0 Å². The van der Waals surface area contributed by atoms with Gasteiger partial charge in [0, 0.05) is 18.5 Å². The zero-order valence-corrected chi connectivity index (χ0v) is 15.0. The predicted octanol–water partition coefficient (Wildman–Crippen LogP) is 3.29. The van der Waals surface area contributed by atoms with Gasteiger partial charge < -0.3 is 10.4 Å². The van der Waals surface area contributed by atoms with Gasteiger partial charge in [-0.3, -0.25) is 0 Å². The number of nitrogens with one attached hydrogen (secondary N) is 1. The molecule has 3 heterocycles. The van der Waals surface area contributed by atoms with E-state index in [1.165, 1.54) is 0 Å². The third-order valence-electron chi connectivity index (χ3n) is 4.05. The van der Waals surface area contributed by atoms with Crippen LogP contribution < -0.4 is 5.32 Å². The van der Waals surface area contributed by atoms with Gasteiger partial charge in [0.15, 0.2) is 11.9 Å². The zero-order valence-electron chi connectivity index (χ0n) is 14.3. The molecule has 0 aliphatic carbocycles. The quantitative estimate of drug-likeness (QED) is 0.540. The van der Waals surface area contributed by atoms with Gasteiger partial charge in [-0.15, -0.1) is 0 Å². The molecule has 0 spiro atoms. The molecule has 1 unspecified atom stereocenters. The van der Waals surface area contributed by atoms with Gasteiger partial charge in [-0.25, -0.2) is 14.2 Å². The minimum absolute atomic E-state index is 0.575. The maximum atomic E-state index is 10.7. The molecule has 26 heavy (non-hydrogen) atoms. The molecule has 0 radical (unpaired) electrons. The lowest BCUT2D eigenvalue weighted by Gasteiger charge is -2.15. The van der Waals surface area contributed by atoms with E-state index < -0.39 is 6.23 Å². The van der Waals surface area contributed by atoms with Crippen LogP contribution in [0.3, 0.4) is 0 Å². The van der Waals surface area contributed by atoms with Gasteiger partial charge in [0.2, 0.25) is 0 Å². The number of aromatic nitrogens is 5. The maximum absolute atomic E-state index is 10.7. The monoisotopic (exact) mass is 368 g/mol. The average molecular weight is 369 g/mol. The molecule has 0 fully saturated rings. The van der Waals surface area contributed by atoms with Crippen molar-refractivity contribution in [1.29, 1.82) is 0 Å². The highest BCUT2D eigenvalue weighted by Gasteiger charge is 2.18. The van der Waals surface area contributed by atoms with Gasteiger partial charge in [0.1, 0.15) is 5.82 Å². The van der Waals surface area contributed by atoms with Crippen molar-refractivity contribution < 1.29 is 5.11 Å². The third-order valence-corrected chi connectivity index (χ3v) is 4.37. The molecule has 0 saturated carbocycles.